The van der Waals surface area contributed by atoms with E-state index in [1.165, 1.54) is 0 Å². The van der Waals surface area contributed by atoms with Crippen molar-refractivity contribution in [3.05, 3.63) is 36.5 Å². The summed E-state index contributed by atoms with van der Waals surface area (Å²) in [7, 11) is 0. The van der Waals surface area contributed by atoms with Gasteiger partial charge in [0, 0.05) is 0 Å². The molecule has 0 N–H and O–H groups in total. The van der Waals surface area contributed by atoms with Crippen LogP contribution in [-0.4, -0.2) is 0 Å². The molecule has 44 valence electrons. The lowest BCUT2D eigenvalue weighted by atomic mass is 10.2. The summed E-state index contributed by atoms with van der Waals surface area (Å²) in [6.45, 7) is 11.3. The number of allylic oxidation sites excluding steroid dienone is 4. The van der Waals surface area contributed by atoms with Crippen LogP contribution in [0.4, 0.5) is 0 Å². The van der Waals surface area contributed by atoms with Gasteiger partial charge in [0.15, 0.2) is 0 Å². The lowest BCUT2D eigenvalue weighted by Gasteiger charge is -1.84. The second-order valence-electron chi connectivity index (χ2n) is 2.03. The van der Waals surface area contributed by atoms with Gasteiger partial charge in [-0.15, -0.1) is 0 Å². The molecule has 0 amide bonds. The Morgan fingerprint density at radius 1 is 1.00 bits per heavy atom. The number of rotatable bonds is 2. The van der Waals surface area contributed by atoms with Gasteiger partial charge in [-0.2, -0.15) is 0 Å². The van der Waals surface area contributed by atoms with Crippen LogP contribution in [0, 0.1) is 0 Å². The Bertz CT molecular complexity index is 111. The molecule has 0 heteroatoms. The Morgan fingerprint density at radius 3 is 1.38 bits per heavy atom. The summed E-state index contributed by atoms with van der Waals surface area (Å²) in [6, 6.07) is 0. The summed E-state index contributed by atoms with van der Waals surface area (Å²) in [4.78, 5) is 0. The fourth-order valence-electron chi connectivity index (χ4n) is 0.285. The van der Waals surface area contributed by atoms with E-state index in [0.29, 0.717) is 0 Å². The van der Waals surface area contributed by atoms with Gasteiger partial charge in [-0.1, -0.05) is 36.5 Å². The van der Waals surface area contributed by atoms with Crippen LogP contribution in [0.3, 0.4) is 0 Å². The lowest BCUT2D eigenvalue weighted by molar-refractivity contribution is 1.50. The molecule has 0 aliphatic rings. The minimum Gasteiger partial charge on any atom is -0.0961 e. The first-order valence-corrected chi connectivity index (χ1v) is 2.62. The fraction of sp³-hybridized carbons (Fsp3) is 0.250. The normalized spacial score (nSPS) is 9.75. The summed E-state index contributed by atoms with van der Waals surface area (Å²) in [5, 5.41) is 0. The molecule has 0 radical (unpaired) electrons. The molecule has 0 rings (SSSR count). The minimum absolute atomic E-state index is 1.06. The zero-order valence-corrected chi connectivity index (χ0v) is 5.57. The van der Waals surface area contributed by atoms with Gasteiger partial charge >= 0.3 is 0 Å². The van der Waals surface area contributed by atoms with E-state index in [4.69, 9.17) is 0 Å². The second-order valence-corrected chi connectivity index (χ2v) is 2.03. The van der Waals surface area contributed by atoms with Crippen molar-refractivity contribution in [1.29, 1.82) is 0 Å². The zero-order valence-electron chi connectivity index (χ0n) is 5.57. The molecule has 0 spiro atoms. The SMILES string of the molecule is C=C(C)/C=C\C(=C)C. The van der Waals surface area contributed by atoms with Gasteiger partial charge in [0.25, 0.3) is 0 Å². The summed E-state index contributed by atoms with van der Waals surface area (Å²) in [6.07, 6.45) is 3.89. The van der Waals surface area contributed by atoms with Crippen molar-refractivity contribution in [2.24, 2.45) is 0 Å². The maximum absolute atomic E-state index is 3.70. The molecular formula is C8H12. The molecule has 0 aliphatic carbocycles. The van der Waals surface area contributed by atoms with Crippen LogP contribution in [0.5, 0.6) is 0 Å². The van der Waals surface area contributed by atoms with Crippen LogP contribution in [0.25, 0.3) is 0 Å². The lowest BCUT2D eigenvalue weighted by Crippen LogP contribution is -1.62. The molecule has 0 atom stereocenters. The van der Waals surface area contributed by atoms with Crippen molar-refractivity contribution < 1.29 is 0 Å². The predicted molar refractivity (Wildman–Crippen MR) is 38.8 cm³/mol. The van der Waals surface area contributed by atoms with Crippen molar-refractivity contribution in [2.75, 3.05) is 0 Å². The quantitative estimate of drug-likeness (QED) is 0.477. The van der Waals surface area contributed by atoms with Crippen LogP contribution in [0.2, 0.25) is 0 Å². The standard InChI is InChI=1S/C8H12/c1-7(2)5-6-8(3)4/h5-6H,1,3H2,2,4H3/b6-5-. The van der Waals surface area contributed by atoms with Gasteiger partial charge in [0.2, 0.25) is 0 Å². The molecule has 0 saturated carbocycles. The van der Waals surface area contributed by atoms with E-state index in [0.717, 1.165) is 11.1 Å². The third kappa shape index (κ3) is 5.22. The molecule has 0 aromatic heterocycles. The van der Waals surface area contributed by atoms with Gasteiger partial charge < -0.3 is 0 Å². The maximum atomic E-state index is 3.70. The monoisotopic (exact) mass is 108 g/mol. The molecule has 0 unspecified atom stereocenters. The first-order valence-electron chi connectivity index (χ1n) is 2.62. The second kappa shape index (κ2) is 3.25. The highest BCUT2D eigenvalue weighted by Gasteiger charge is 1.72. The maximum Gasteiger partial charge on any atom is -0.0404 e. The van der Waals surface area contributed by atoms with Gasteiger partial charge in [-0.3, -0.25) is 0 Å². The molecule has 0 aromatic rings. The zero-order chi connectivity index (χ0) is 6.57. The van der Waals surface area contributed by atoms with Gasteiger partial charge in [-0.05, 0) is 13.8 Å². The molecule has 0 bridgehead atoms. The van der Waals surface area contributed by atoms with Gasteiger partial charge in [-0.25, -0.2) is 0 Å². The van der Waals surface area contributed by atoms with E-state index in [1.807, 2.05) is 26.0 Å². The van der Waals surface area contributed by atoms with Crippen LogP contribution in [0.15, 0.2) is 36.5 Å². The topological polar surface area (TPSA) is 0 Å². The Kier molecular flexibility index (Phi) is 2.93. The smallest absolute Gasteiger partial charge is 0.0404 e. The molecule has 0 aliphatic heterocycles. The largest absolute Gasteiger partial charge is 0.0961 e. The Balaban J connectivity index is 3.67. The van der Waals surface area contributed by atoms with E-state index in [9.17, 15) is 0 Å². The molecule has 0 fully saturated rings. The van der Waals surface area contributed by atoms with Crippen LogP contribution >= 0.6 is 0 Å². The van der Waals surface area contributed by atoms with Gasteiger partial charge in [0.1, 0.15) is 0 Å². The molecular weight excluding hydrogens is 96.1 g/mol. The Labute approximate surface area is 51.2 Å². The number of hydrogen-bond donors (Lipinski definition) is 0. The van der Waals surface area contributed by atoms with Crippen LogP contribution in [-0.2, 0) is 0 Å². The summed E-state index contributed by atoms with van der Waals surface area (Å²) < 4.78 is 0. The van der Waals surface area contributed by atoms with Crippen molar-refractivity contribution in [3.63, 3.8) is 0 Å². The minimum atomic E-state index is 1.06. The molecule has 0 aromatic carbocycles. The van der Waals surface area contributed by atoms with Crippen LogP contribution < -0.4 is 0 Å². The Morgan fingerprint density at radius 2 is 1.25 bits per heavy atom. The van der Waals surface area contributed by atoms with E-state index >= 15 is 0 Å². The Hall–Kier alpha value is -0.780. The van der Waals surface area contributed by atoms with Crippen molar-refractivity contribution in [1.82, 2.24) is 0 Å². The first-order chi connectivity index (χ1) is 3.63. The third-order valence-corrected chi connectivity index (χ3v) is 0.652. The molecule has 0 heterocycles. The highest BCUT2D eigenvalue weighted by atomic mass is 13.8. The number of hydrogen-bond acceptors (Lipinski definition) is 0. The molecule has 0 saturated heterocycles. The molecule has 8 heavy (non-hydrogen) atoms. The summed E-state index contributed by atoms with van der Waals surface area (Å²) in [5.74, 6) is 0. The highest BCUT2D eigenvalue weighted by molar-refractivity contribution is 5.20. The predicted octanol–water partition coefficient (Wildman–Crippen LogP) is 2.69. The molecule has 0 nitrogen and oxygen atoms in total. The van der Waals surface area contributed by atoms with Gasteiger partial charge in [0.05, 0.1) is 0 Å². The van der Waals surface area contributed by atoms with Crippen LogP contribution in [0.1, 0.15) is 13.8 Å². The van der Waals surface area contributed by atoms with Crippen molar-refractivity contribution >= 4 is 0 Å². The summed E-state index contributed by atoms with van der Waals surface area (Å²) in [5.41, 5.74) is 2.13. The van der Waals surface area contributed by atoms with Crippen molar-refractivity contribution in [3.8, 4) is 0 Å². The average molecular weight is 108 g/mol. The average Bonchev–Trinajstić information content (AvgIpc) is 1.61. The first kappa shape index (κ1) is 7.22. The highest BCUT2D eigenvalue weighted by Crippen LogP contribution is 1.94. The van der Waals surface area contributed by atoms with E-state index in [1.54, 1.807) is 0 Å². The fourth-order valence-corrected chi connectivity index (χ4v) is 0.285. The van der Waals surface area contributed by atoms with E-state index < -0.39 is 0 Å². The summed E-state index contributed by atoms with van der Waals surface area (Å²) >= 11 is 0. The third-order valence-electron chi connectivity index (χ3n) is 0.652. The van der Waals surface area contributed by atoms with E-state index in [-0.39, 0.29) is 0 Å². The van der Waals surface area contributed by atoms with E-state index in [2.05, 4.69) is 13.2 Å². The van der Waals surface area contributed by atoms with Crippen molar-refractivity contribution in [2.45, 2.75) is 13.8 Å².